The SMILES string of the molecule is O=CCC1CCN(c2ccc3c(c2)C(=O)N(C2CCC(=O)NC2=O)C3=O)C1. The second-order valence-electron chi connectivity index (χ2n) is 7.18. The van der Waals surface area contributed by atoms with E-state index in [1.807, 2.05) is 0 Å². The molecule has 3 aliphatic heterocycles. The van der Waals surface area contributed by atoms with Crippen molar-refractivity contribution in [3.63, 3.8) is 0 Å². The van der Waals surface area contributed by atoms with Crippen molar-refractivity contribution in [2.75, 3.05) is 18.0 Å². The number of imide groups is 2. The first kappa shape index (κ1) is 17.4. The summed E-state index contributed by atoms with van der Waals surface area (Å²) in [5, 5.41) is 2.19. The first-order chi connectivity index (χ1) is 13.0. The lowest BCUT2D eigenvalue weighted by atomic mass is 10.0. The Kier molecular flexibility index (Phi) is 4.25. The van der Waals surface area contributed by atoms with Crippen molar-refractivity contribution in [2.45, 2.75) is 31.7 Å². The minimum Gasteiger partial charge on any atom is -0.371 e. The monoisotopic (exact) mass is 369 g/mol. The average molecular weight is 369 g/mol. The molecule has 2 fully saturated rings. The minimum atomic E-state index is -0.956. The highest BCUT2D eigenvalue weighted by atomic mass is 16.2. The number of carbonyl (C=O) groups excluding carboxylic acids is 5. The molecule has 3 aliphatic rings. The number of nitrogens with one attached hydrogen (secondary N) is 1. The van der Waals surface area contributed by atoms with E-state index in [2.05, 4.69) is 10.2 Å². The number of hydrogen-bond donors (Lipinski definition) is 1. The third-order valence-electron chi connectivity index (χ3n) is 5.50. The number of aldehydes is 1. The van der Waals surface area contributed by atoms with Gasteiger partial charge in [-0.25, -0.2) is 0 Å². The number of hydrogen-bond acceptors (Lipinski definition) is 6. The summed E-state index contributed by atoms with van der Waals surface area (Å²) < 4.78 is 0. The number of amides is 4. The lowest BCUT2D eigenvalue weighted by molar-refractivity contribution is -0.136. The molecule has 0 aromatic heterocycles. The van der Waals surface area contributed by atoms with Gasteiger partial charge in [0.15, 0.2) is 0 Å². The number of fused-ring (bicyclic) bond motifs is 1. The van der Waals surface area contributed by atoms with Crippen molar-refractivity contribution < 1.29 is 24.0 Å². The standard InChI is InChI=1S/C19H19N3O5/c23-8-6-11-5-7-21(10-11)12-1-2-13-14(9-12)19(27)22(18(13)26)15-3-4-16(24)20-17(15)25/h1-2,8-9,11,15H,3-7,10H2,(H,20,24,25). The molecular weight excluding hydrogens is 350 g/mol. The van der Waals surface area contributed by atoms with E-state index in [9.17, 15) is 24.0 Å². The summed E-state index contributed by atoms with van der Waals surface area (Å²) in [7, 11) is 0. The summed E-state index contributed by atoms with van der Waals surface area (Å²) in [6.07, 6.45) is 2.59. The van der Waals surface area contributed by atoms with Gasteiger partial charge < -0.3 is 9.69 Å². The molecule has 1 N–H and O–H groups in total. The van der Waals surface area contributed by atoms with Crippen LogP contribution in [0.5, 0.6) is 0 Å². The average Bonchev–Trinajstić information content (AvgIpc) is 3.20. The van der Waals surface area contributed by atoms with Crippen LogP contribution in [0.1, 0.15) is 46.4 Å². The largest absolute Gasteiger partial charge is 0.371 e. The highest BCUT2D eigenvalue weighted by Gasteiger charge is 2.44. The molecule has 3 heterocycles. The van der Waals surface area contributed by atoms with E-state index >= 15 is 0 Å². The van der Waals surface area contributed by atoms with Gasteiger partial charge in [-0.1, -0.05) is 0 Å². The molecule has 2 saturated heterocycles. The van der Waals surface area contributed by atoms with Gasteiger partial charge in [0.2, 0.25) is 11.8 Å². The molecule has 0 bridgehead atoms. The molecule has 1 aromatic carbocycles. The van der Waals surface area contributed by atoms with Gasteiger partial charge >= 0.3 is 0 Å². The van der Waals surface area contributed by atoms with Crippen LogP contribution in [0, 0.1) is 5.92 Å². The van der Waals surface area contributed by atoms with Crippen molar-refractivity contribution in [1.82, 2.24) is 10.2 Å². The van der Waals surface area contributed by atoms with Gasteiger partial charge in [-0.15, -0.1) is 0 Å². The minimum absolute atomic E-state index is 0.0982. The summed E-state index contributed by atoms with van der Waals surface area (Å²) in [4.78, 5) is 62.7. The number of benzene rings is 1. The number of rotatable bonds is 4. The third-order valence-corrected chi connectivity index (χ3v) is 5.50. The molecule has 1 aromatic rings. The number of nitrogens with zero attached hydrogens (tertiary/aromatic N) is 2. The predicted molar refractivity (Wildman–Crippen MR) is 94.1 cm³/mol. The Morgan fingerprint density at radius 2 is 1.85 bits per heavy atom. The summed E-state index contributed by atoms with van der Waals surface area (Å²) in [6, 6.07) is 4.14. The van der Waals surface area contributed by atoms with Crippen LogP contribution in [0.25, 0.3) is 0 Å². The first-order valence-electron chi connectivity index (χ1n) is 9.04. The van der Waals surface area contributed by atoms with E-state index < -0.39 is 29.7 Å². The highest BCUT2D eigenvalue weighted by molar-refractivity contribution is 6.23. The fourth-order valence-corrected chi connectivity index (χ4v) is 4.05. The van der Waals surface area contributed by atoms with Gasteiger partial charge in [0.1, 0.15) is 12.3 Å². The normalized spacial score (nSPS) is 25.0. The van der Waals surface area contributed by atoms with Gasteiger partial charge in [0.05, 0.1) is 11.1 Å². The Morgan fingerprint density at radius 1 is 1.07 bits per heavy atom. The Morgan fingerprint density at radius 3 is 2.59 bits per heavy atom. The summed E-state index contributed by atoms with van der Waals surface area (Å²) in [5.41, 5.74) is 1.38. The Bertz CT molecular complexity index is 865. The van der Waals surface area contributed by atoms with Gasteiger partial charge in [0, 0.05) is 31.6 Å². The quantitative estimate of drug-likeness (QED) is 0.612. The highest BCUT2D eigenvalue weighted by Crippen LogP contribution is 2.32. The number of carbonyl (C=O) groups is 5. The molecule has 0 radical (unpaired) electrons. The zero-order chi connectivity index (χ0) is 19.1. The van der Waals surface area contributed by atoms with Crippen LogP contribution in [0.2, 0.25) is 0 Å². The predicted octanol–water partition coefficient (Wildman–Crippen LogP) is 0.503. The van der Waals surface area contributed by atoms with Crippen LogP contribution in [0.4, 0.5) is 5.69 Å². The van der Waals surface area contributed by atoms with E-state index in [-0.39, 0.29) is 24.0 Å². The first-order valence-corrected chi connectivity index (χ1v) is 9.04. The fraction of sp³-hybridized carbons (Fsp3) is 0.421. The maximum absolute atomic E-state index is 12.8. The second-order valence-corrected chi connectivity index (χ2v) is 7.18. The van der Waals surface area contributed by atoms with E-state index in [4.69, 9.17) is 0 Å². The molecule has 2 atom stereocenters. The van der Waals surface area contributed by atoms with Crippen LogP contribution in [-0.2, 0) is 14.4 Å². The van der Waals surface area contributed by atoms with Crippen molar-refractivity contribution in [3.05, 3.63) is 29.3 Å². The van der Waals surface area contributed by atoms with Crippen molar-refractivity contribution in [3.8, 4) is 0 Å². The molecule has 27 heavy (non-hydrogen) atoms. The van der Waals surface area contributed by atoms with E-state index in [0.717, 1.165) is 36.4 Å². The summed E-state index contributed by atoms with van der Waals surface area (Å²) in [5.74, 6) is -1.72. The molecule has 8 heteroatoms. The van der Waals surface area contributed by atoms with Crippen LogP contribution in [0.3, 0.4) is 0 Å². The third kappa shape index (κ3) is 2.90. The molecule has 4 amide bonds. The molecule has 8 nitrogen and oxygen atoms in total. The summed E-state index contributed by atoms with van der Waals surface area (Å²) >= 11 is 0. The number of piperidine rings is 1. The molecule has 0 spiro atoms. The van der Waals surface area contributed by atoms with Crippen molar-refractivity contribution in [2.24, 2.45) is 5.92 Å². The Hall–Kier alpha value is -3.03. The molecule has 140 valence electrons. The van der Waals surface area contributed by atoms with Crippen LogP contribution in [0.15, 0.2) is 18.2 Å². The Labute approximate surface area is 155 Å². The zero-order valence-electron chi connectivity index (χ0n) is 14.6. The maximum atomic E-state index is 12.8. The van der Waals surface area contributed by atoms with Gasteiger partial charge in [-0.2, -0.15) is 0 Å². The van der Waals surface area contributed by atoms with Crippen molar-refractivity contribution in [1.29, 1.82) is 0 Å². The smallest absolute Gasteiger partial charge is 0.262 e. The van der Waals surface area contributed by atoms with E-state index in [1.165, 1.54) is 0 Å². The Balaban J connectivity index is 1.58. The molecule has 2 unspecified atom stereocenters. The second kappa shape index (κ2) is 6.61. The maximum Gasteiger partial charge on any atom is 0.262 e. The van der Waals surface area contributed by atoms with E-state index in [0.29, 0.717) is 12.3 Å². The van der Waals surface area contributed by atoms with Crippen molar-refractivity contribution >= 4 is 35.6 Å². The zero-order valence-corrected chi connectivity index (χ0v) is 14.6. The summed E-state index contributed by atoms with van der Waals surface area (Å²) in [6.45, 7) is 1.52. The van der Waals surface area contributed by atoms with Gasteiger partial charge in [0.25, 0.3) is 11.8 Å². The van der Waals surface area contributed by atoms with Gasteiger partial charge in [-0.05, 0) is 37.0 Å². The molecule has 4 rings (SSSR count). The van der Waals surface area contributed by atoms with Gasteiger partial charge in [-0.3, -0.25) is 29.4 Å². The lowest BCUT2D eigenvalue weighted by Gasteiger charge is -2.27. The topological polar surface area (TPSA) is 104 Å². The molecular formula is C19H19N3O5. The van der Waals surface area contributed by atoms with Crippen LogP contribution in [-0.4, -0.2) is 53.9 Å². The number of anilines is 1. The van der Waals surface area contributed by atoms with Crippen LogP contribution >= 0.6 is 0 Å². The van der Waals surface area contributed by atoms with E-state index in [1.54, 1.807) is 18.2 Å². The molecule has 0 aliphatic carbocycles. The lowest BCUT2D eigenvalue weighted by Crippen LogP contribution is -2.54. The molecule has 0 saturated carbocycles. The fourth-order valence-electron chi connectivity index (χ4n) is 4.05. The van der Waals surface area contributed by atoms with Crippen LogP contribution < -0.4 is 10.2 Å².